The quantitative estimate of drug-likeness (QED) is 0.664. The molecule has 1 aromatic carbocycles. The Bertz CT molecular complexity index is 865. The summed E-state index contributed by atoms with van der Waals surface area (Å²) in [5.74, 6) is 0. The predicted molar refractivity (Wildman–Crippen MR) is 74.1 cm³/mol. The van der Waals surface area contributed by atoms with E-state index in [1.54, 1.807) is 36.5 Å². The normalized spacial score (nSPS) is 11.8. The van der Waals surface area contributed by atoms with Crippen LogP contribution in [0.4, 0.5) is 13.2 Å². The third kappa shape index (κ3) is 2.42. The molecule has 0 spiro atoms. The third-order valence-corrected chi connectivity index (χ3v) is 3.26. The summed E-state index contributed by atoms with van der Waals surface area (Å²) >= 11 is 0. The van der Waals surface area contributed by atoms with Gasteiger partial charge in [0, 0.05) is 17.3 Å². The molecular weight excluding hydrogens is 279 g/mol. The standard InChI is InChI=1S/C16H10F3NO/c17-16(18,19)12-5-3-4-11(10-12)14-8-7-13-6-1-2-9-20(13)15(14)21/h1-10H. The maximum Gasteiger partial charge on any atom is 0.416 e. The van der Waals surface area contributed by atoms with Crippen LogP contribution in [0.1, 0.15) is 5.56 Å². The second-order valence-electron chi connectivity index (χ2n) is 4.63. The third-order valence-electron chi connectivity index (χ3n) is 3.26. The van der Waals surface area contributed by atoms with Crippen LogP contribution < -0.4 is 5.56 Å². The Morgan fingerprint density at radius 1 is 0.905 bits per heavy atom. The maximum atomic E-state index is 12.8. The average molecular weight is 289 g/mol. The van der Waals surface area contributed by atoms with E-state index in [1.807, 2.05) is 0 Å². The molecule has 2 aromatic heterocycles. The zero-order valence-electron chi connectivity index (χ0n) is 10.8. The van der Waals surface area contributed by atoms with E-state index in [4.69, 9.17) is 0 Å². The fraction of sp³-hybridized carbons (Fsp3) is 0.0625. The van der Waals surface area contributed by atoms with E-state index >= 15 is 0 Å². The lowest BCUT2D eigenvalue weighted by Gasteiger charge is -2.09. The predicted octanol–water partition coefficient (Wildman–Crippen LogP) is 3.99. The number of hydrogen-bond donors (Lipinski definition) is 0. The van der Waals surface area contributed by atoms with Crippen molar-refractivity contribution >= 4 is 5.52 Å². The molecule has 3 aromatic rings. The summed E-state index contributed by atoms with van der Waals surface area (Å²) in [4.78, 5) is 12.4. The summed E-state index contributed by atoms with van der Waals surface area (Å²) < 4.78 is 39.7. The van der Waals surface area contributed by atoms with Crippen molar-refractivity contribution in [1.82, 2.24) is 4.40 Å². The van der Waals surface area contributed by atoms with Gasteiger partial charge < -0.3 is 0 Å². The summed E-state index contributed by atoms with van der Waals surface area (Å²) in [5, 5.41) is 0. The molecule has 106 valence electrons. The Labute approximate surface area is 118 Å². The topological polar surface area (TPSA) is 21.5 Å². The first-order valence-electron chi connectivity index (χ1n) is 6.25. The molecule has 0 bridgehead atoms. The van der Waals surface area contributed by atoms with Crippen LogP contribution >= 0.6 is 0 Å². The van der Waals surface area contributed by atoms with E-state index in [1.165, 1.54) is 16.5 Å². The molecule has 0 saturated heterocycles. The van der Waals surface area contributed by atoms with Crippen LogP contribution in [-0.2, 0) is 6.18 Å². The molecule has 3 rings (SSSR count). The minimum Gasteiger partial charge on any atom is -0.284 e. The first-order valence-corrected chi connectivity index (χ1v) is 6.25. The highest BCUT2D eigenvalue weighted by Gasteiger charge is 2.30. The highest BCUT2D eigenvalue weighted by atomic mass is 19.4. The maximum absolute atomic E-state index is 12.8. The largest absolute Gasteiger partial charge is 0.416 e. The number of alkyl halides is 3. The first kappa shape index (κ1) is 13.4. The van der Waals surface area contributed by atoms with E-state index in [0.29, 0.717) is 5.52 Å². The van der Waals surface area contributed by atoms with E-state index in [-0.39, 0.29) is 16.7 Å². The second kappa shape index (κ2) is 4.77. The van der Waals surface area contributed by atoms with Gasteiger partial charge in [0.25, 0.3) is 5.56 Å². The molecular formula is C16H10F3NO. The molecule has 0 aliphatic rings. The smallest absolute Gasteiger partial charge is 0.284 e. The van der Waals surface area contributed by atoms with Crippen molar-refractivity contribution in [2.45, 2.75) is 6.18 Å². The number of halogens is 3. The van der Waals surface area contributed by atoms with Gasteiger partial charge in [-0.3, -0.25) is 9.20 Å². The Kier molecular flexibility index (Phi) is 3.05. The van der Waals surface area contributed by atoms with Crippen LogP contribution in [0, 0.1) is 0 Å². The average Bonchev–Trinajstić information content (AvgIpc) is 2.47. The number of fused-ring (bicyclic) bond motifs is 1. The fourth-order valence-corrected chi connectivity index (χ4v) is 2.23. The van der Waals surface area contributed by atoms with Gasteiger partial charge in [0.1, 0.15) is 0 Å². The summed E-state index contributed by atoms with van der Waals surface area (Å²) in [7, 11) is 0. The fourth-order valence-electron chi connectivity index (χ4n) is 2.23. The highest BCUT2D eigenvalue weighted by Crippen LogP contribution is 2.31. The number of benzene rings is 1. The van der Waals surface area contributed by atoms with Gasteiger partial charge in [-0.1, -0.05) is 18.2 Å². The van der Waals surface area contributed by atoms with Crippen LogP contribution in [0.2, 0.25) is 0 Å². The van der Waals surface area contributed by atoms with Crippen LogP contribution in [0.25, 0.3) is 16.6 Å². The van der Waals surface area contributed by atoms with E-state index in [0.717, 1.165) is 12.1 Å². The monoisotopic (exact) mass is 289 g/mol. The van der Waals surface area contributed by atoms with Crippen molar-refractivity contribution in [3.8, 4) is 11.1 Å². The lowest BCUT2D eigenvalue weighted by molar-refractivity contribution is -0.137. The molecule has 0 radical (unpaired) electrons. The van der Waals surface area contributed by atoms with E-state index in [2.05, 4.69) is 0 Å². The molecule has 0 unspecified atom stereocenters. The molecule has 0 aliphatic heterocycles. The molecule has 21 heavy (non-hydrogen) atoms. The molecule has 0 amide bonds. The van der Waals surface area contributed by atoms with Gasteiger partial charge in [-0.25, -0.2) is 0 Å². The zero-order valence-corrected chi connectivity index (χ0v) is 10.8. The van der Waals surface area contributed by atoms with Gasteiger partial charge in [-0.05, 0) is 42.0 Å². The second-order valence-corrected chi connectivity index (χ2v) is 4.63. The summed E-state index contributed by atoms with van der Waals surface area (Å²) in [6, 6.07) is 13.3. The number of aromatic nitrogens is 1. The molecule has 2 nitrogen and oxygen atoms in total. The van der Waals surface area contributed by atoms with E-state index < -0.39 is 11.7 Å². The lowest BCUT2D eigenvalue weighted by Crippen LogP contribution is -2.15. The van der Waals surface area contributed by atoms with Gasteiger partial charge in [-0.2, -0.15) is 13.2 Å². The van der Waals surface area contributed by atoms with Gasteiger partial charge in [0.2, 0.25) is 0 Å². The lowest BCUT2D eigenvalue weighted by atomic mass is 10.0. The zero-order chi connectivity index (χ0) is 15.0. The highest BCUT2D eigenvalue weighted by molar-refractivity contribution is 5.66. The van der Waals surface area contributed by atoms with Gasteiger partial charge in [0.05, 0.1) is 5.56 Å². The molecule has 0 saturated carbocycles. The number of hydrogen-bond acceptors (Lipinski definition) is 1. The van der Waals surface area contributed by atoms with Crippen LogP contribution in [0.5, 0.6) is 0 Å². The number of nitrogens with zero attached hydrogens (tertiary/aromatic N) is 1. The minimum atomic E-state index is -4.43. The molecule has 0 atom stereocenters. The van der Waals surface area contributed by atoms with Crippen molar-refractivity contribution in [2.24, 2.45) is 0 Å². The van der Waals surface area contributed by atoms with Crippen LogP contribution in [-0.4, -0.2) is 4.40 Å². The van der Waals surface area contributed by atoms with E-state index in [9.17, 15) is 18.0 Å². The summed E-state index contributed by atoms with van der Waals surface area (Å²) in [6.07, 6.45) is -2.84. The van der Waals surface area contributed by atoms with Crippen LogP contribution in [0.3, 0.4) is 0 Å². The molecule has 2 heterocycles. The molecule has 0 fully saturated rings. The number of pyridine rings is 2. The minimum absolute atomic E-state index is 0.241. The molecule has 0 N–H and O–H groups in total. The molecule has 5 heteroatoms. The van der Waals surface area contributed by atoms with Crippen molar-refractivity contribution in [3.63, 3.8) is 0 Å². The van der Waals surface area contributed by atoms with Crippen molar-refractivity contribution in [1.29, 1.82) is 0 Å². The summed E-state index contributed by atoms with van der Waals surface area (Å²) in [6.45, 7) is 0. The van der Waals surface area contributed by atoms with Gasteiger partial charge in [0.15, 0.2) is 0 Å². The Hall–Kier alpha value is -2.56. The van der Waals surface area contributed by atoms with Gasteiger partial charge >= 0.3 is 6.18 Å². The first-order chi connectivity index (χ1) is 9.97. The summed E-state index contributed by atoms with van der Waals surface area (Å²) in [5.41, 5.74) is 0.0843. The Morgan fingerprint density at radius 3 is 2.48 bits per heavy atom. The van der Waals surface area contributed by atoms with Crippen LogP contribution in [0.15, 0.2) is 65.6 Å². The van der Waals surface area contributed by atoms with Gasteiger partial charge in [-0.15, -0.1) is 0 Å². The Morgan fingerprint density at radius 2 is 1.71 bits per heavy atom. The molecule has 0 aliphatic carbocycles. The van der Waals surface area contributed by atoms with Crippen molar-refractivity contribution < 1.29 is 13.2 Å². The Balaban J connectivity index is 2.22. The SMILES string of the molecule is O=c1c(-c2cccc(C(F)(F)F)c2)ccc2ccccn12. The van der Waals surface area contributed by atoms with Crippen molar-refractivity contribution in [2.75, 3.05) is 0 Å². The van der Waals surface area contributed by atoms with Crippen molar-refractivity contribution in [3.05, 3.63) is 76.7 Å². The number of rotatable bonds is 1.